The quantitative estimate of drug-likeness (QED) is 0.566. The number of hydrogen-bond donors (Lipinski definition) is 1. The normalized spacial score (nSPS) is 19.1. The van der Waals surface area contributed by atoms with Crippen LogP contribution in [0.15, 0.2) is 48.9 Å². The molecule has 0 bridgehead atoms. The standard InChI is InChI=1S/C28H33N5O/c1-34-28-25-17-20-19-33(22-5-4-11-30-18-22)16-10-23(20)27(29)24(25)6-7-26(28)32-14-8-21(9-15-32)31-12-2-3-13-31/h4-7,10-11,16-18,21H,2-3,8-9,12-15,19,29H2,1H3. The maximum absolute atomic E-state index is 6.71. The third-order valence-corrected chi connectivity index (χ3v) is 7.83. The van der Waals surface area contributed by atoms with Crippen LogP contribution >= 0.6 is 0 Å². The van der Waals surface area contributed by atoms with Gasteiger partial charge in [-0.3, -0.25) is 4.98 Å². The van der Waals surface area contributed by atoms with Crippen molar-refractivity contribution in [1.82, 2.24) is 9.88 Å². The van der Waals surface area contributed by atoms with Crippen molar-refractivity contribution in [2.75, 3.05) is 48.8 Å². The van der Waals surface area contributed by atoms with Gasteiger partial charge >= 0.3 is 0 Å². The lowest BCUT2D eigenvalue weighted by Gasteiger charge is -2.38. The Bertz CT molecular complexity index is 1210. The smallest absolute Gasteiger partial charge is 0.150 e. The first-order chi connectivity index (χ1) is 16.7. The molecule has 0 amide bonds. The molecule has 0 saturated carbocycles. The summed E-state index contributed by atoms with van der Waals surface area (Å²) in [6, 6.07) is 11.4. The Morgan fingerprint density at radius 3 is 2.59 bits per heavy atom. The van der Waals surface area contributed by atoms with Crippen LogP contribution in [0, 0.1) is 0 Å². The van der Waals surface area contributed by atoms with E-state index in [0.717, 1.165) is 59.1 Å². The third kappa shape index (κ3) is 3.66. The number of likely N-dealkylation sites (tertiary alicyclic amines) is 1. The molecule has 0 atom stereocenters. The molecule has 2 saturated heterocycles. The van der Waals surface area contributed by atoms with Gasteiger partial charge in [-0.2, -0.15) is 0 Å². The van der Waals surface area contributed by atoms with Crippen molar-refractivity contribution >= 4 is 33.9 Å². The van der Waals surface area contributed by atoms with Crippen LogP contribution in [-0.4, -0.2) is 49.2 Å². The molecule has 34 heavy (non-hydrogen) atoms. The highest BCUT2D eigenvalue weighted by Crippen LogP contribution is 2.43. The SMILES string of the molecule is COc1c(N2CCC(N3CCCC3)CC2)ccc2c(N)c3c(cc12)CN(c1cccnc1)C=C3. The number of nitrogen functional groups attached to an aromatic ring is 1. The third-order valence-electron chi connectivity index (χ3n) is 7.83. The maximum atomic E-state index is 6.71. The zero-order valence-electron chi connectivity index (χ0n) is 19.9. The van der Waals surface area contributed by atoms with Crippen LogP contribution in [0.2, 0.25) is 0 Å². The number of methoxy groups -OCH3 is 1. The Hall–Kier alpha value is -3.25. The second-order valence-corrected chi connectivity index (χ2v) is 9.69. The van der Waals surface area contributed by atoms with E-state index in [0.29, 0.717) is 0 Å². The van der Waals surface area contributed by atoms with Crippen LogP contribution in [0.3, 0.4) is 0 Å². The number of aromatic nitrogens is 1. The number of benzene rings is 2. The molecule has 0 unspecified atom stereocenters. The molecule has 6 rings (SSSR count). The lowest BCUT2D eigenvalue weighted by molar-refractivity contribution is 0.207. The highest BCUT2D eigenvalue weighted by Gasteiger charge is 2.28. The Balaban J connectivity index is 1.32. The van der Waals surface area contributed by atoms with Crippen molar-refractivity contribution in [3.63, 3.8) is 0 Å². The summed E-state index contributed by atoms with van der Waals surface area (Å²) in [5.74, 6) is 0.939. The first-order valence-corrected chi connectivity index (χ1v) is 12.5. The summed E-state index contributed by atoms with van der Waals surface area (Å²) >= 11 is 0. The molecule has 0 spiro atoms. The van der Waals surface area contributed by atoms with E-state index in [2.05, 4.69) is 56.2 Å². The Kier molecular flexibility index (Phi) is 5.53. The number of nitrogens with two attached hydrogens (primary N) is 1. The average Bonchev–Trinajstić information content (AvgIpc) is 3.44. The monoisotopic (exact) mass is 455 g/mol. The van der Waals surface area contributed by atoms with Crippen LogP contribution in [0.25, 0.3) is 16.8 Å². The van der Waals surface area contributed by atoms with Crippen LogP contribution in [0.4, 0.5) is 17.1 Å². The van der Waals surface area contributed by atoms with Gasteiger partial charge in [0.05, 0.1) is 24.7 Å². The summed E-state index contributed by atoms with van der Waals surface area (Å²) in [5, 5.41) is 2.16. The molecule has 0 radical (unpaired) electrons. The summed E-state index contributed by atoms with van der Waals surface area (Å²) in [7, 11) is 1.78. The van der Waals surface area contributed by atoms with Crippen molar-refractivity contribution < 1.29 is 4.74 Å². The van der Waals surface area contributed by atoms with Gasteiger partial charge in [0.2, 0.25) is 0 Å². The fraction of sp³-hybridized carbons (Fsp3) is 0.393. The maximum Gasteiger partial charge on any atom is 0.150 e. The molecule has 3 aliphatic heterocycles. The largest absolute Gasteiger partial charge is 0.494 e. The minimum atomic E-state index is 0.734. The van der Waals surface area contributed by atoms with Crippen molar-refractivity contribution in [2.45, 2.75) is 38.3 Å². The summed E-state index contributed by atoms with van der Waals surface area (Å²) < 4.78 is 6.05. The number of piperidine rings is 1. The minimum absolute atomic E-state index is 0.734. The number of nitrogens with zero attached hydrogens (tertiary/aromatic N) is 4. The Morgan fingerprint density at radius 1 is 1.03 bits per heavy atom. The average molecular weight is 456 g/mol. The molecule has 6 heteroatoms. The molecule has 3 aromatic rings. The molecule has 176 valence electrons. The van der Waals surface area contributed by atoms with Crippen LogP contribution in [-0.2, 0) is 6.54 Å². The van der Waals surface area contributed by atoms with Gasteiger partial charge in [0.1, 0.15) is 5.75 Å². The van der Waals surface area contributed by atoms with Gasteiger partial charge in [0, 0.05) is 60.1 Å². The van der Waals surface area contributed by atoms with Crippen LogP contribution < -0.4 is 20.3 Å². The van der Waals surface area contributed by atoms with Gasteiger partial charge < -0.3 is 25.2 Å². The van der Waals surface area contributed by atoms with Crippen LogP contribution in [0.1, 0.15) is 36.8 Å². The van der Waals surface area contributed by atoms with E-state index < -0.39 is 0 Å². The predicted octanol–water partition coefficient (Wildman–Crippen LogP) is 4.88. The van der Waals surface area contributed by atoms with Crippen molar-refractivity contribution in [2.24, 2.45) is 0 Å². The van der Waals surface area contributed by atoms with Gasteiger partial charge in [0.15, 0.2) is 0 Å². The number of rotatable bonds is 4. The zero-order valence-corrected chi connectivity index (χ0v) is 19.9. The fourth-order valence-corrected chi connectivity index (χ4v) is 6.01. The van der Waals surface area contributed by atoms with E-state index in [9.17, 15) is 0 Å². The minimum Gasteiger partial charge on any atom is -0.494 e. The van der Waals surface area contributed by atoms with Crippen molar-refractivity contribution in [3.8, 4) is 5.75 Å². The second kappa shape index (κ2) is 8.84. The van der Waals surface area contributed by atoms with Gasteiger partial charge in [-0.25, -0.2) is 0 Å². The molecule has 6 nitrogen and oxygen atoms in total. The number of ether oxygens (including phenoxy) is 1. The number of hydrogen-bond acceptors (Lipinski definition) is 6. The van der Waals surface area contributed by atoms with E-state index in [4.69, 9.17) is 10.5 Å². The number of fused-ring (bicyclic) bond motifs is 2. The lowest BCUT2D eigenvalue weighted by atomic mass is 9.94. The summed E-state index contributed by atoms with van der Waals surface area (Å²) in [5.41, 5.74) is 12.1. The summed E-state index contributed by atoms with van der Waals surface area (Å²) in [6.45, 7) is 5.45. The number of pyridine rings is 1. The molecule has 3 aliphatic rings. The van der Waals surface area contributed by atoms with Gasteiger partial charge in [-0.15, -0.1) is 0 Å². The molecular weight excluding hydrogens is 422 g/mol. The van der Waals surface area contributed by atoms with Gasteiger partial charge in [-0.05, 0) is 80.7 Å². The summed E-state index contributed by atoms with van der Waals surface area (Å²) in [4.78, 5) is 11.7. The topological polar surface area (TPSA) is 57.9 Å². The molecule has 1 aromatic heterocycles. The Labute approximate surface area is 201 Å². The molecule has 2 aromatic carbocycles. The van der Waals surface area contributed by atoms with E-state index in [1.165, 1.54) is 50.0 Å². The fourth-order valence-electron chi connectivity index (χ4n) is 6.01. The van der Waals surface area contributed by atoms with Crippen LogP contribution in [0.5, 0.6) is 5.75 Å². The van der Waals surface area contributed by atoms with E-state index in [-0.39, 0.29) is 0 Å². The molecule has 0 aliphatic carbocycles. The summed E-state index contributed by atoms with van der Waals surface area (Å²) in [6.07, 6.45) is 13.1. The zero-order chi connectivity index (χ0) is 23.1. The lowest BCUT2D eigenvalue weighted by Crippen LogP contribution is -2.44. The first kappa shape index (κ1) is 21.3. The molecular formula is C28H33N5O. The van der Waals surface area contributed by atoms with Crippen molar-refractivity contribution in [1.29, 1.82) is 0 Å². The highest BCUT2D eigenvalue weighted by molar-refractivity contribution is 6.04. The Morgan fingerprint density at radius 2 is 1.85 bits per heavy atom. The van der Waals surface area contributed by atoms with Gasteiger partial charge in [-0.1, -0.05) is 0 Å². The highest BCUT2D eigenvalue weighted by atomic mass is 16.5. The molecule has 2 N–H and O–H groups in total. The molecule has 4 heterocycles. The van der Waals surface area contributed by atoms with E-state index >= 15 is 0 Å². The number of anilines is 3. The van der Waals surface area contributed by atoms with Gasteiger partial charge in [0.25, 0.3) is 0 Å². The van der Waals surface area contributed by atoms with E-state index in [1.807, 2.05) is 12.3 Å². The second-order valence-electron chi connectivity index (χ2n) is 9.69. The first-order valence-electron chi connectivity index (χ1n) is 12.5. The molecule has 2 fully saturated rings. The predicted molar refractivity (Wildman–Crippen MR) is 140 cm³/mol. The van der Waals surface area contributed by atoms with E-state index in [1.54, 1.807) is 13.3 Å². The van der Waals surface area contributed by atoms with Crippen molar-refractivity contribution in [3.05, 3.63) is 60.1 Å².